The quantitative estimate of drug-likeness (QED) is 0.145. The van der Waals surface area contributed by atoms with Gasteiger partial charge in [0.05, 0.1) is 19.6 Å². The number of carbonyl (C=O) groups is 4. The zero-order valence-electron chi connectivity index (χ0n) is 26.3. The normalized spacial score (nSPS) is 18.2. The van der Waals surface area contributed by atoms with Gasteiger partial charge in [-0.05, 0) is 25.2 Å². The van der Waals surface area contributed by atoms with Gasteiger partial charge in [0.2, 0.25) is 23.6 Å². The van der Waals surface area contributed by atoms with Crippen molar-refractivity contribution in [2.45, 2.75) is 52.9 Å². The van der Waals surface area contributed by atoms with E-state index in [2.05, 4.69) is 73.3 Å². The Morgan fingerprint density at radius 2 is 1.44 bits per heavy atom. The van der Waals surface area contributed by atoms with Gasteiger partial charge in [-0.25, -0.2) is 0 Å². The van der Waals surface area contributed by atoms with Gasteiger partial charge in [-0.2, -0.15) is 0 Å². The van der Waals surface area contributed by atoms with E-state index in [1.165, 1.54) is 0 Å². The van der Waals surface area contributed by atoms with Crippen LogP contribution in [0.15, 0.2) is 61.4 Å². The number of hydrogen-bond acceptors (Lipinski definition) is 7. The van der Waals surface area contributed by atoms with E-state index in [4.69, 9.17) is 0 Å². The summed E-state index contributed by atoms with van der Waals surface area (Å²) < 4.78 is 0. The Hall–Kier alpha value is -4.02. The highest BCUT2D eigenvalue weighted by Gasteiger charge is 2.35. The molecule has 0 radical (unpaired) electrons. The number of likely N-dealkylation sites (tertiary alicyclic amines) is 2. The molecule has 11 heteroatoms. The van der Waals surface area contributed by atoms with Crippen LogP contribution < -0.4 is 26.6 Å². The van der Waals surface area contributed by atoms with Crippen molar-refractivity contribution in [1.29, 1.82) is 0 Å². The summed E-state index contributed by atoms with van der Waals surface area (Å²) in [6.45, 7) is 28.5. The van der Waals surface area contributed by atoms with Crippen LogP contribution in [0.25, 0.3) is 0 Å². The third-order valence-electron chi connectivity index (χ3n) is 7.68. The fraction of sp³-hybridized carbons (Fsp3) is 0.562. The van der Waals surface area contributed by atoms with Crippen molar-refractivity contribution in [3.63, 3.8) is 0 Å². The molecule has 4 amide bonds. The van der Waals surface area contributed by atoms with Gasteiger partial charge in [0, 0.05) is 79.3 Å². The van der Waals surface area contributed by atoms with Crippen molar-refractivity contribution < 1.29 is 19.2 Å². The first-order chi connectivity index (χ1) is 20.3. The molecule has 2 rings (SSSR count). The monoisotopic (exact) mass is 597 g/mol. The van der Waals surface area contributed by atoms with Crippen LogP contribution >= 0.6 is 0 Å². The summed E-state index contributed by atoms with van der Waals surface area (Å²) in [5, 5.41) is 14.8. The predicted molar refractivity (Wildman–Crippen MR) is 170 cm³/mol. The lowest BCUT2D eigenvalue weighted by molar-refractivity contribution is -0.129. The molecule has 2 unspecified atom stereocenters. The average molecular weight is 598 g/mol. The molecular formula is C32H51N7O4. The molecule has 11 nitrogen and oxygen atoms in total. The van der Waals surface area contributed by atoms with E-state index in [0.717, 1.165) is 29.9 Å². The molecule has 2 heterocycles. The third-order valence-corrected chi connectivity index (χ3v) is 7.68. The van der Waals surface area contributed by atoms with Crippen molar-refractivity contribution in [2.24, 2.45) is 17.8 Å². The second-order valence-electron chi connectivity index (χ2n) is 11.7. The Morgan fingerprint density at radius 3 is 2.07 bits per heavy atom. The molecule has 2 saturated heterocycles. The van der Waals surface area contributed by atoms with E-state index in [0.29, 0.717) is 62.9 Å². The Morgan fingerprint density at radius 1 is 0.791 bits per heavy atom. The summed E-state index contributed by atoms with van der Waals surface area (Å²) in [5.41, 5.74) is 3.78. The zero-order valence-corrected chi connectivity index (χ0v) is 26.3. The maximum absolute atomic E-state index is 12.2. The van der Waals surface area contributed by atoms with Gasteiger partial charge in [-0.15, -0.1) is 0 Å². The smallest absolute Gasteiger partial charge is 0.239 e. The predicted octanol–water partition coefficient (Wildman–Crippen LogP) is 2.10. The van der Waals surface area contributed by atoms with E-state index in [1.807, 2.05) is 6.92 Å². The van der Waals surface area contributed by atoms with Crippen molar-refractivity contribution in [3.8, 4) is 0 Å². The highest BCUT2D eigenvalue weighted by Crippen LogP contribution is 2.33. The van der Waals surface area contributed by atoms with E-state index in [1.54, 1.807) is 9.80 Å². The topological polar surface area (TPSA) is 135 Å². The van der Waals surface area contributed by atoms with E-state index >= 15 is 0 Å². The fourth-order valence-corrected chi connectivity index (χ4v) is 5.02. The van der Waals surface area contributed by atoms with Crippen LogP contribution in [0.2, 0.25) is 0 Å². The molecule has 0 bridgehead atoms. The van der Waals surface area contributed by atoms with Crippen LogP contribution in [0, 0.1) is 17.8 Å². The Kier molecular flexibility index (Phi) is 14.1. The first-order valence-corrected chi connectivity index (χ1v) is 15.1. The third kappa shape index (κ3) is 11.6. The van der Waals surface area contributed by atoms with Crippen LogP contribution in [-0.2, 0) is 19.2 Å². The van der Waals surface area contributed by atoms with Gasteiger partial charge in [-0.1, -0.05) is 53.7 Å². The molecule has 0 aliphatic carbocycles. The van der Waals surface area contributed by atoms with Crippen LogP contribution in [0.5, 0.6) is 0 Å². The summed E-state index contributed by atoms with van der Waals surface area (Å²) in [5.74, 6) is 0.367. The summed E-state index contributed by atoms with van der Waals surface area (Å²) in [6, 6.07) is 0. The minimum absolute atomic E-state index is 0.0123. The molecule has 5 N–H and O–H groups in total. The maximum Gasteiger partial charge on any atom is 0.239 e. The van der Waals surface area contributed by atoms with E-state index < -0.39 is 0 Å². The first-order valence-electron chi connectivity index (χ1n) is 15.1. The Balaban J connectivity index is 1.48. The summed E-state index contributed by atoms with van der Waals surface area (Å²) in [4.78, 5) is 52.1. The number of amides is 4. The Bertz CT molecular complexity index is 1110. The molecule has 2 aliphatic heterocycles. The second-order valence-corrected chi connectivity index (χ2v) is 11.7. The average Bonchev–Trinajstić information content (AvgIpc) is 3.37. The number of hydrogen-bond donors (Lipinski definition) is 5. The highest BCUT2D eigenvalue weighted by atomic mass is 16.2. The van der Waals surface area contributed by atoms with Crippen molar-refractivity contribution in [3.05, 3.63) is 61.4 Å². The van der Waals surface area contributed by atoms with Gasteiger partial charge in [-0.3, -0.25) is 19.2 Å². The molecule has 2 atom stereocenters. The van der Waals surface area contributed by atoms with Crippen LogP contribution in [0.3, 0.4) is 0 Å². The highest BCUT2D eigenvalue weighted by molar-refractivity contribution is 5.83. The molecular weight excluding hydrogens is 546 g/mol. The minimum Gasteiger partial charge on any atom is -0.387 e. The van der Waals surface area contributed by atoms with Crippen LogP contribution in [0.4, 0.5) is 0 Å². The van der Waals surface area contributed by atoms with E-state index in [-0.39, 0.29) is 55.0 Å². The van der Waals surface area contributed by atoms with Gasteiger partial charge < -0.3 is 36.4 Å². The van der Waals surface area contributed by atoms with Gasteiger partial charge >= 0.3 is 0 Å². The van der Waals surface area contributed by atoms with Gasteiger partial charge in [0.1, 0.15) is 0 Å². The second kappa shape index (κ2) is 17.2. The molecule has 0 aromatic heterocycles. The molecule has 2 aliphatic rings. The first kappa shape index (κ1) is 35.2. The molecule has 2 fully saturated rings. The number of rotatable bonds is 20. The number of carbonyl (C=O) groups excluding carboxylic acids is 4. The van der Waals surface area contributed by atoms with Crippen molar-refractivity contribution >= 4 is 23.6 Å². The van der Waals surface area contributed by atoms with Gasteiger partial charge in [0.25, 0.3) is 0 Å². The lowest BCUT2D eigenvalue weighted by Crippen LogP contribution is -2.38. The fourth-order valence-electron chi connectivity index (χ4n) is 5.02. The summed E-state index contributed by atoms with van der Waals surface area (Å²) in [6.07, 6.45) is 2.94. The van der Waals surface area contributed by atoms with Gasteiger partial charge in [0.15, 0.2) is 0 Å². The number of nitrogens with one attached hydrogen (secondary N) is 5. The lowest BCUT2D eigenvalue weighted by atomic mass is 9.93. The van der Waals surface area contributed by atoms with Crippen molar-refractivity contribution in [1.82, 2.24) is 36.4 Å². The SMILES string of the molecule is C=C(CCCN1C(=C)CC(C)C1=O)NCC(=C)NCC(=O)NCC(=C)NCCC(=O)NCCN1C(=C)C(C(C)C)CC1=O. The van der Waals surface area contributed by atoms with E-state index in [9.17, 15) is 19.2 Å². The standard InChI is InChI=1S/C32H51N7O4/c1-21(2)28-17-31(42)39(27(28)8)15-13-34-29(40)11-12-33-24(5)19-37-30(41)20-36-25(6)18-35-23(4)10-9-14-38-26(7)16-22(3)32(38)43/h21-22,28,33,35-36H,4-20H2,1-3H3,(H,34,40)(H,37,41). The number of allylic oxidation sites excluding steroid dienone is 3. The zero-order chi connectivity index (χ0) is 32.1. The molecule has 0 aromatic rings. The largest absolute Gasteiger partial charge is 0.387 e. The van der Waals surface area contributed by atoms with Crippen molar-refractivity contribution in [2.75, 3.05) is 45.8 Å². The minimum atomic E-state index is -0.219. The molecule has 43 heavy (non-hydrogen) atoms. The number of nitrogens with zero attached hydrogens (tertiary/aromatic N) is 2. The summed E-state index contributed by atoms with van der Waals surface area (Å²) >= 11 is 0. The molecule has 0 saturated carbocycles. The van der Waals surface area contributed by atoms with Crippen LogP contribution in [-0.4, -0.2) is 79.2 Å². The maximum atomic E-state index is 12.2. The molecule has 0 aromatic carbocycles. The van der Waals surface area contributed by atoms with Crippen LogP contribution in [0.1, 0.15) is 52.9 Å². The Labute approximate surface area is 257 Å². The summed E-state index contributed by atoms with van der Waals surface area (Å²) in [7, 11) is 0. The molecule has 0 spiro atoms. The molecule has 238 valence electrons. The lowest BCUT2D eigenvalue weighted by Gasteiger charge is -2.21.